The molecule has 0 N–H and O–H groups in total. The molecule has 18 heavy (non-hydrogen) atoms. The average Bonchev–Trinajstić information content (AvgIpc) is 2.25. The van der Waals surface area contributed by atoms with Gasteiger partial charge in [0.15, 0.2) is 0 Å². The molecule has 1 rings (SSSR count). The maximum Gasteiger partial charge on any atom is 0.446 e. The molecule has 0 aromatic heterocycles. The van der Waals surface area contributed by atoms with Crippen LogP contribution in [0.4, 0.5) is 13.2 Å². The van der Waals surface area contributed by atoms with Crippen LogP contribution in [0.1, 0.15) is 12.0 Å². The summed E-state index contributed by atoms with van der Waals surface area (Å²) in [4.78, 5) is 11.1. The lowest BCUT2D eigenvalue weighted by Gasteiger charge is -2.12. The number of carbonyl (C=O) groups is 1. The van der Waals surface area contributed by atoms with Crippen molar-refractivity contribution in [2.45, 2.75) is 23.2 Å². The van der Waals surface area contributed by atoms with Gasteiger partial charge in [0, 0.05) is 15.8 Å². The topological polar surface area (TPSA) is 26.3 Å². The number of benzene rings is 1. The quantitative estimate of drug-likeness (QED) is 0.606. The van der Waals surface area contributed by atoms with Crippen molar-refractivity contribution in [3.05, 3.63) is 28.2 Å². The molecule has 100 valence electrons. The van der Waals surface area contributed by atoms with Crippen molar-refractivity contribution in [2.75, 3.05) is 7.11 Å². The predicted molar refractivity (Wildman–Crippen MR) is 66.4 cm³/mol. The first-order valence-electron chi connectivity index (χ1n) is 4.93. The van der Waals surface area contributed by atoms with Gasteiger partial charge < -0.3 is 4.74 Å². The summed E-state index contributed by atoms with van der Waals surface area (Å²) < 4.78 is 42.1. The van der Waals surface area contributed by atoms with E-state index in [1.54, 1.807) is 6.07 Å². The summed E-state index contributed by atoms with van der Waals surface area (Å²) >= 11 is 3.01. The van der Waals surface area contributed by atoms with Crippen LogP contribution >= 0.6 is 27.7 Å². The van der Waals surface area contributed by atoms with Gasteiger partial charge in [-0.1, -0.05) is 22.0 Å². The molecule has 0 radical (unpaired) electrons. The van der Waals surface area contributed by atoms with Crippen molar-refractivity contribution in [1.82, 2.24) is 0 Å². The van der Waals surface area contributed by atoms with Crippen LogP contribution in [0.2, 0.25) is 0 Å². The van der Waals surface area contributed by atoms with Crippen molar-refractivity contribution in [3.8, 4) is 0 Å². The van der Waals surface area contributed by atoms with Crippen molar-refractivity contribution in [1.29, 1.82) is 0 Å². The van der Waals surface area contributed by atoms with Crippen LogP contribution in [0.3, 0.4) is 0 Å². The number of esters is 1. The van der Waals surface area contributed by atoms with Crippen LogP contribution in [0.25, 0.3) is 0 Å². The third-order valence-corrected chi connectivity index (χ3v) is 3.69. The van der Waals surface area contributed by atoms with Gasteiger partial charge in [0.2, 0.25) is 0 Å². The van der Waals surface area contributed by atoms with E-state index in [1.165, 1.54) is 19.2 Å². The maximum absolute atomic E-state index is 12.4. The Bertz CT molecular complexity index is 435. The van der Waals surface area contributed by atoms with E-state index in [1.807, 2.05) is 0 Å². The molecule has 1 aromatic rings. The highest BCUT2D eigenvalue weighted by atomic mass is 79.9. The highest BCUT2D eigenvalue weighted by Crippen LogP contribution is 2.40. The molecule has 0 bridgehead atoms. The van der Waals surface area contributed by atoms with Gasteiger partial charge >= 0.3 is 11.5 Å². The molecule has 0 saturated carbocycles. The molecule has 7 heteroatoms. The van der Waals surface area contributed by atoms with Gasteiger partial charge in [-0.25, -0.2) is 0 Å². The lowest BCUT2D eigenvalue weighted by atomic mass is 10.1. The van der Waals surface area contributed by atoms with E-state index in [9.17, 15) is 18.0 Å². The highest BCUT2D eigenvalue weighted by Gasteiger charge is 2.30. The summed E-state index contributed by atoms with van der Waals surface area (Å²) in [5.74, 6) is -0.450. The Morgan fingerprint density at radius 3 is 2.67 bits per heavy atom. The lowest BCUT2D eigenvalue weighted by Crippen LogP contribution is -2.05. The van der Waals surface area contributed by atoms with Gasteiger partial charge in [-0.15, -0.1) is 0 Å². The van der Waals surface area contributed by atoms with E-state index in [0.717, 1.165) is 0 Å². The Balaban J connectivity index is 2.90. The SMILES string of the molecule is COC(=O)CCc1c(Br)cccc1SC(F)(F)F. The summed E-state index contributed by atoms with van der Waals surface area (Å²) in [5.41, 5.74) is -3.88. The highest BCUT2D eigenvalue weighted by molar-refractivity contribution is 9.10. The van der Waals surface area contributed by atoms with Crippen LogP contribution in [0.15, 0.2) is 27.6 Å². The smallest absolute Gasteiger partial charge is 0.446 e. The number of thioether (sulfide) groups is 1. The average molecular weight is 343 g/mol. The third kappa shape index (κ3) is 4.89. The van der Waals surface area contributed by atoms with E-state index in [2.05, 4.69) is 20.7 Å². The van der Waals surface area contributed by atoms with Crippen molar-refractivity contribution >= 4 is 33.7 Å². The summed E-state index contributed by atoms with van der Waals surface area (Å²) in [6.45, 7) is 0. The molecule has 2 nitrogen and oxygen atoms in total. The van der Waals surface area contributed by atoms with E-state index >= 15 is 0 Å². The molecule has 0 unspecified atom stereocenters. The van der Waals surface area contributed by atoms with Gasteiger partial charge in [-0.05, 0) is 35.9 Å². The molecule has 0 fully saturated rings. The Labute approximate surface area is 115 Å². The number of halogens is 4. The number of rotatable bonds is 4. The second-order valence-electron chi connectivity index (χ2n) is 3.34. The second kappa shape index (κ2) is 6.47. The molecule has 0 aliphatic heterocycles. The number of hydrogen-bond acceptors (Lipinski definition) is 3. The zero-order valence-corrected chi connectivity index (χ0v) is 11.8. The van der Waals surface area contributed by atoms with Crippen LogP contribution in [0, 0.1) is 0 Å². The van der Waals surface area contributed by atoms with E-state index < -0.39 is 11.5 Å². The van der Waals surface area contributed by atoms with E-state index in [-0.39, 0.29) is 29.5 Å². The number of alkyl halides is 3. The van der Waals surface area contributed by atoms with E-state index in [4.69, 9.17) is 0 Å². The van der Waals surface area contributed by atoms with Gasteiger partial charge in [0.1, 0.15) is 0 Å². The van der Waals surface area contributed by atoms with Gasteiger partial charge in [0.25, 0.3) is 0 Å². The van der Waals surface area contributed by atoms with Gasteiger partial charge in [-0.3, -0.25) is 4.79 Å². The summed E-state index contributed by atoms with van der Waals surface area (Å²) in [6, 6.07) is 4.56. The Kier molecular flexibility index (Phi) is 5.52. The standard InChI is InChI=1S/C11H10BrF3O2S/c1-17-10(16)6-5-7-8(12)3-2-4-9(7)18-11(13,14)15/h2-4H,5-6H2,1H3. The summed E-state index contributed by atoms with van der Waals surface area (Å²) in [5, 5.41) is 0. The summed E-state index contributed by atoms with van der Waals surface area (Å²) in [6.07, 6.45) is 0.247. The minimum Gasteiger partial charge on any atom is -0.469 e. The Hall–Kier alpha value is -0.690. The van der Waals surface area contributed by atoms with Crippen LogP contribution < -0.4 is 0 Å². The normalized spacial score (nSPS) is 11.4. The maximum atomic E-state index is 12.4. The number of methoxy groups -OCH3 is 1. The minimum atomic E-state index is -4.35. The third-order valence-electron chi connectivity index (χ3n) is 2.11. The number of carbonyl (C=O) groups excluding carboxylic acids is 1. The first kappa shape index (κ1) is 15.4. The molecule has 1 aromatic carbocycles. The predicted octanol–water partition coefficient (Wildman–Crippen LogP) is 4.17. The van der Waals surface area contributed by atoms with Crippen LogP contribution in [0.5, 0.6) is 0 Å². The largest absolute Gasteiger partial charge is 0.469 e. The molecule has 0 heterocycles. The van der Waals surface area contributed by atoms with Crippen molar-refractivity contribution in [2.24, 2.45) is 0 Å². The monoisotopic (exact) mass is 342 g/mol. The van der Waals surface area contributed by atoms with Crippen molar-refractivity contribution < 1.29 is 22.7 Å². The molecule has 0 saturated heterocycles. The fraction of sp³-hybridized carbons (Fsp3) is 0.364. The zero-order valence-electron chi connectivity index (χ0n) is 9.38. The number of hydrogen-bond donors (Lipinski definition) is 0. The second-order valence-corrected chi connectivity index (χ2v) is 5.30. The first-order valence-corrected chi connectivity index (χ1v) is 6.54. The molecule has 0 aliphatic rings. The molecular weight excluding hydrogens is 333 g/mol. The molecular formula is C11H10BrF3O2S. The van der Waals surface area contributed by atoms with Crippen LogP contribution in [-0.2, 0) is 16.0 Å². The first-order chi connectivity index (χ1) is 8.33. The zero-order chi connectivity index (χ0) is 13.8. The lowest BCUT2D eigenvalue weighted by molar-refractivity contribution is -0.140. The minimum absolute atomic E-state index is 0.0462. The van der Waals surface area contributed by atoms with E-state index in [0.29, 0.717) is 10.0 Å². The van der Waals surface area contributed by atoms with Gasteiger partial charge in [0.05, 0.1) is 7.11 Å². The Morgan fingerprint density at radius 2 is 2.11 bits per heavy atom. The fourth-order valence-corrected chi connectivity index (χ4v) is 2.76. The molecule has 0 amide bonds. The van der Waals surface area contributed by atoms with Crippen LogP contribution in [-0.4, -0.2) is 18.6 Å². The Morgan fingerprint density at radius 1 is 1.44 bits per heavy atom. The molecule has 0 aliphatic carbocycles. The van der Waals surface area contributed by atoms with Gasteiger partial charge in [-0.2, -0.15) is 13.2 Å². The molecule has 0 spiro atoms. The molecule has 0 atom stereocenters. The fourth-order valence-electron chi connectivity index (χ4n) is 1.33. The summed E-state index contributed by atoms with van der Waals surface area (Å²) in [7, 11) is 1.24. The number of ether oxygens (including phenoxy) is 1. The van der Waals surface area contributed by atoms with Crippen molar-refractivity contribution in [3.63, 3.8) is 0 Å².